The fraction of sp³-hybridized carbons (Fsp3) is 0.172. The number of H-pyrrole nitrogens is 1. The Hall–Kier alpha value is -4.53. The molecule has 0 radical (unpaired) electrons. The number of pyridine rings is 3. The number of benzene rings is 1. The van der Waals surface area contributed by atoms with E-state index >= 15 is 4.39 Å². The van der Waals surface area contributed by atoms with Crippen molar-refractivity contribution in [3.8, 4) is 28.3 Å². The van der Waals surface area contributed by atoms with E-state index in [4.69, 9.17) is 4.74 Å². The fourth-order valence-corrected chi connectivity index (χ4v) is 4.25. The number of carbonyl (C=O) groups excluding carboxylic acids is 1. The van der Waals surface area contributed by atoms with Crippen LogP contribution in [0.5, 0.6) is 5.88 Å². The van der Waals surface area contributed by atoms with Crippen LogP contribution in [0.3, 0.4) is 0 Å². The van der Waals surface area contributed by atoms with Crippen LogP contribution >= 0.6 is 0 Å². The normalized spacial score (nSPS) is 11.6. The molecule has 192 valence electrons. The van der Waals surface area contributed by atoms with Gasteiger partial charge in [0.25, 0.3) is 5.92 Å². The maximum Gasteiger partial charge on any atom is 0.272 e. The monoisotopic (exact) mass is 516 g/mol. The molecule has 0 amide bonds. The van der Waals surface area contributed by atoms with Crippen LogP contribution in [0.15, 0.2) is 73.3 Å². The number of nitrogens with one attached hydrogen (secondary N) is 1. The van der Waals surface area contributed by atoms with Gasteiger partial charge in [0.15, 0.2) is 0 Å². The van der Waals surface area contributed by atoms with Crippen molar-refractivity contribution in [2.45, 2.75) is 25.7 Å². The van der Waals surface area contributed by atoms with E-state index in [1.54, 1.807) is 37.7 Å². The van der Waals surface area contributed by atoms with Gasteiger partial charge in [-0.2, -0.15) is 0 Å². The third-order valence-electron chi connectivity index (χ3n) is 6.17. The smallest absolute Gasteiger partial charge is 0.272 e. The van der Waals surface area contributed by atoms with Crippen LogP contribution in [-0.4, -0.2) is 32.8 Å². The van der Waals surface area contributed by atoms with Crippen molar-refractivity contribution < 1.29 is 22.7 Å². The Morgan fingerprint density at radius 1 is 0.947 bits per heavy atom. The Labute approximate surface area is 216 Å². The second kappa shape index (κ2) is 10.1. The van der Waals surface area contributed by atoms with Crippen molar-refractivity contribution >= 4 is 16.8 Å². The van der Waals surface area contributed by atoms with Gasteiger partial charge in [-0.3, -0.25) is 9.78 Å². The third kappa shape index (κ3) is 5.41. The summed E-state index contributed by atoms with van der Waals surface area (Å²) in [4.78, 5) is 28.2. The van der Waals surface area contributed by atoms with Crippen LogP contribution in [0.4, 0.5) is 13.2 Å². The van der Waals surface area contributed by atoms with Gasteiger partial charge in [-0.05, 0) is 41.5 Å². The Morgan fingerprint density at radius 2 is 1.76 bits per heavy atom. The Morgan fingerprint density at radius 3 is 2.53 bits per heavy atom. The van der Waals surface area contributed by atoms with Gasteiger partial charge < -0.3 is 9.72 Å². The van der Waals surface area contributed by atoms with Crippen LogP contribution < -0.4 is 4.74 Å². The summed E-state index contributed by atoms with van der Waals surface area (Å²) < 4.78 is 47.4. The molecule has 1 N–H and O–H groups in total. The number of aromatic amines is 1. The first-order valence-corrected chi connectivity index (χ1v) is 11.8. The van der Waals surface area contributed by atoms with Crippen LogP contribution in [0.25, 0.3) is 33.4 Å². The molecule has 0 bridgehead atoms. The number of alkyl halides is 2. The number of aromatic nitrogens is 4. The lowest BCUT2D eigenvalue weighted by Crippen LogP contribution is -2.11. The highest BCUT2D eigenvalue weighted by Crippen LogP contribution is 2.30. The second-order valence-electron chi connectivity index (χ2n) is 9.11. The summed E-state index contributed by atoms with van der Waals surface area (Å²) in [5.41, 5.74) is 3.93. The van der Waals surface area contributed by atoms with Crippen LogP contribution in [0.1, 0.15) is 23.6 Å². The quantitative estimate of drug-likeness (QED) is 0.262. The average molecular weight is 517 g/mol. The number of rotatable bonds is 8. The first-order chi connectivity index (χ1) is 18.2. The van der Waals surface area contributed by atoms with Gasteiger partial charge >= 0.3 is 0 Å². The molecule has 0 saturated carbocycles. The molecule has 4 aromatic heterocycles. The first-order valence-electron chi connectivity index (χ1n) is 11.8. The Bertz CT molecular complexity index is 1640. The molecule has 0 atom stereocenters. The summed E-state index contributed by atoms with van der Waals surface area (Å²) in [7, 11) is 1.55. The molecule has 0 saturated heterocycles. The summed E-state index contributed by atoms with van der Waals surface area (Å²) in [6.45, 7) is 0.778. The Kier molecular flexibility index (Phi) is 6.67. The molecule has 0 fully saturated rings. The van der Waals surface area contributed by atoms with E-state index in [0.717, 1.165) is 29.8 Å². The average Bonchev–Trinajstić information content (AvgIpc) is 3.32. The summed E-state index contributed by atoms with van der Waals surface area (Å²) >= 11 is 0. The van der Waals surface area contributed by atoms with Gasteiger partial charge in [-0.1, -0.05) is 12.1 Å². The van der Waals surface area contributed by atoms with E-state index in [0.29, 0.717) is 33.8 Å². The van der Waals surface area contributed by atoms with E-state index in [1.165, 1.54) is 18.3 Å². The molecular weight excluding hydrogens is 493 g/mol. The molecule has 0 aliphatic carbocycles. The van der Waals surface area contributed by atoms with Crippen molar-refractivity contribution in [2.75, 3.05) is 7.11 Å². The summed E-state index contributed by atoms with van der Waals surface area (Å²) in [6, 6.07) is 13.3. The van der Waals surface area contributed by atoms with Crippen molar-refractivity contribution in [2.24, 2.45) is 0 Å². The van der Waals surface area contributed by atoms with Gasteiger partial charge in [0, 0.05) is 84.0 Å². The zero-order chi connectivity index (χ0) is 26.9. The number of ketones is 1. The van der Waals surface area contributed by atoms with Crippen molar-refractivity contribution in [3.05, 3.63) is 95.8 Å². The predicted octanol–water partition coefficient (Wildman–Crippen LogP) is 6.30. The number of Topliss-reactive ketones (excluding diaryl/α,β-unsaturated/α-hetero) is 1. The molecule has 0 spiro atoms. The molecule has 5 rings (SSSR count). The van der Waals surface area contributed by atoms with E-state index in [-0.39, 0.29) is 24.2 Å². The van der Waals surface area contributed by atoms with Gasteiger partial charge in [-0.25, -0.2) is 23.1 Å². The number of carbonyl (C=O) groups is 1. The number of fused-ring (bicyclic) bond motifs is 1. The summed E-state index contributed by atoms with van der Waals surface area (Å²) in [5.74, 6) is -3.27. The highest BCUT2D eigenvalue weighted by Gasteiger charge is 2.25. The van der Waals surface area contributed by atoms with Crippen molar-refractivity contribution in [1.82, 2.24) is 19.9 Å². The number of ether oxygens (including phenoxy) is 1. The number of hydrogen-bond donors (Lipinski definition) is 1. The maximum absolute atomic E-state index is 15.1. The standard InChI is InChI=1S/C29H23F3N4O2/c1-29(31,32)22-7-18(14-33-16-22)9-23(37)8-17-3-4-24(25(30)10-17)21-11-20-12-26(36-28(20)35-15-21)19-5-6-34-27(13-19)38-2/h3-7,10-16H,8-9H2,1-2H3,(H,35,36). The SMILES string of the molecule is COc1cc(-c2cc3cc(-c4ccc(CC(=O)Cc5cncc(C(C)(F)F)c5)cc4F)cnc3[nH]2)ccn1. The van der Waals surface area contributed by atoms with E-state index < -0.39 is 11.7 Å². The molecular formula is C29H23F3N4O2. The highest BCUT2D eigenvalue weighted by atomic mass is 19.3. The number of halogens is 3. The van der Waals surface area contributed by atoms with E-state index in [2.05, 4.69) is 19.9 Å². The van der Waals surface area contributed by atoms with E-state index in [9.17, 15) is 13.6 Å². The third-order valence-corrected chi connectivity index (χ3v) is 6.17. The molecule has 1 aromatic carbocycles. The second-order valence-corrected chi connectivity index (χ2v) is 9.11. The molecule has 5 aromatic rings. The van der Waals surface area contributed by atoms with Gasteiger partial charge in [-0.15, -0.1) is 0 Å². The van der Waals surface area contributed by atoms with Gasteiger partial charge in [0.05, 0.1) is 7.11 Å². The highest BCUT2D eigenvalue weighted by molar-refractivity contribution is 5.87. The van der Waals surface area contributed by atoms with Crippen molar-refractivity contribution in [3.63, 3.8) is 0 Å². The lowest BCUT2D eigenvalue weighted by atomic mass is 9.99. The lowest BCUT2D eigenvalue weighted by molar-refractivity contribution is -0.117. The minimum Gasteiger partial charge on any atom is -0.481 e. The molecule has 0 aliphatic heterocycles. The molecule has 6 nitrogen and oxygen atoms in total. The lowest BCUT2D eigenvalue weighted by Gasteiger charge is -2.11. The van der Waals surface area contributed by atoms with Crippen molar-refractivity contribution in [1.29, 1.82) is 0 Å². The number of methoxy groups -OCH3 is 1. The van der Waals surface area contributed by atoms with Gasteiger partial charge in [0.1, 0.15) is 17.2 Å². The Balaban J connectivity index is 1.33. The maximum atomic E-state index is 15.1. The number of hydrogen-bond acceptors (Lipinski definition) is 5. The minimum atomic E-state index is -3.04. The fourth-order valence-electron chi connectivity index (χ4n) is 4.25. The zero-order valence-corrected chi connectivity index (χ0v) is 20.6. The molecule has 9 heteroatoms. The molecule has 4 heterocycles. The number of nitrogens with zero attached hydrogens (tertiary/aromatic N) is 3. The largest absolute Gasteiger partial charge is 0.481 e. The molecule has 0 unspecified atom stereocenters. The minimum absolute atomic E-state index is 0.0300. The van der Waals surface area contributed by atoms with Gasteiger partial charge in [0.2, 0.25) is 5.88 Å². The first kappa shape index (κ1) is 25.1. The summed E-state index contributed by atoms with van der Waals surface area (Å²) in [6.07, 6.45) is 5.61. The summed E-state index contributed by atoms with van der Waals surface area (Å²) in [5, 5.41) is 0.806. The van der Waals surface area contributed by atoms with Crippen LogP contribution in [-0.2, 0) is 23.6 Å². The zero-order valence-electron chi connectivity index (χ0n) is 20.6. The predicted molar refractivity (Wildman–Crippen MR) is 137 cm³/mol. The molecule has 0 aliphatic rings. The molecule has 38 heavy (non-hydrogen) atoms. The topological polar surface area (TPSA) is 80.8 Å². The van der Waals surface area contributed by atoms with Crippen LogP contribution in [0, 0.1) is 5.82 Å². The van der Waals surface area contributed by atoms with Crippen LogP contribution in [0.2, 0.25) is 0 Å². The van der Waals surface area contributed by atoms with E-state index in [1.807, 2.05) is 18.2 Å².